The molecule has 184 valence electrons. The van der Waals surface area contributed by atoms with Gasteiger partial charge in [-0.25, -0.2) is 9.78 Å². The summed E-state index contributed by atoms with van der Waals surface area (Å²) in [5.41, 5.74) is 2.44. The number of nitro groups is 1. The predicted molar refractivity (Wildman–Crippen MR) is 130 cm³/mol. The Bertz CT molecular complexity index is 1260. The van der Waals surface area contributed by atoms with E-state index >= 15 is 0 Å². The molecule has 10 nitrogen and oxygen atoms in total. The van der Waals surface area contributed by atoms with Crippen molar-refractivity contribution in [1.29, 1.82) is 0 Å². The number of carbonyl (C=O) groups is 2. The fraction of sp³-hybridized carbons (Fsp3) is 0.292. The Morgan fingerprint density at radius 2 is 1.94 bits per heavy atom. The molecule has 11 heteroatoms. The number of ether oxygens (including phenoxy) is 3. The van der Waals surface area contributed by atoms with Crippen molar-refractivity contribution in [2.45, 2.75) is 33.8 Å². The molecule has 1 N–H and O–H groups in total. The van der Waals surface area contributed by atoms with Crippen LogP contribution < -0.4 is 14.8 Å². The Kier molecular flexibility index (Phi) is 8.37. The van der Waals surface area contributed by atoms with Crippen LogP contribution in [0, 0.1) is 24.0 Å². The van der Waals surface area contributed by atoms with Gasteiger partial charge in [0.15, 0.2) is 11.5 Å². The number of methoxy groups -OCH3 is 1. The summed E-state index contributed by atoms with van der Waals surface area (Å²) >= 11 is 1.26. The molecule has 2 aromatic carbocycles. The van der Waals surface area contributed by atoms with E-state index in [1.807, 2.05) is 32.0 Å². The van der Waals surface area contributed by atoms with Crippen LogP contribution in [0.5, 0.6) is 11.5 Å². The third kappa shape index (κ3) is 6.54. The van der Waals surface area contributed by atoms with E-state index in [2.05, 4.69) is 10.3 Å². The summed E-state index contributed by atoms with van der Waals surface area (Å²) in [6, 6.07) is 8.15. The van der Waals surface area contributed by atoms with E-state index in [1.54, 1.807) is 12.3 Å². The van der Waals surface area contributed by atoms with E-state index in [-0.39, 0.29) is 42.6 Å². The maximum absolute atomic E-state index is 12.6. The third-order valence-electron chi connectivity index (χ3n) is 4.93. The summed E-state index contributed by atoms with van der Waals surface area (Å²) in [7, 11) is 1.37. The molecule has 0 saturated heterocycles. The van der Waals surface area contributed by atoms with Gasteiger partial charge in [-0.15, -0.1) is 11.3 Å². The second kappa shape index (κ2) is 11.4. The van der Waals surface area contributed by atoms with Crippen LogP contribution in [0.1, 0.15) is 39.1 Å². The molecule has 0 saturated carbocycles. The summed E-state index contributed by atoms with van der Waals surface area (Å²) in [5, 5.41) is 16.6. The first kappa shape index (κ1) is 25.6. The Morgan fingerprint density at radius 1 is 1.17 bits per heavy atom. The third-order valence-corrected chi connectivity index (χ3v) is 5.83. The van der Waals surface area contributed by atoms with E-state index < -0.39 is 16.6 Å². The molecule has 0 aliphatic rings. The summed E-state index contributed by atoms with van der Waals surface area (Å²) in [4.78, 5) is 40.2. The molecular weight excluding hydrogens is 474 g/mol. The summed E-state index contributed by atoms with van der Waals surface area (Å²) in [5.74, 6) is -0.786. The van der Waals surface area contributed by atoms with Gasteiger partial charge in [-0.1, -0.05) is 12.1 Å². The minimum Gasteiger partial charge on any atom is -0.493 e. The molecule has 3 rings (SSSR count). The first-order valence-corrected chi connectivity index (χ1v) is 11.6. The molecule has 3 aromatic rings. The number of esters is 1. The van der Waals surface area contributed by atoms with Crippen LogP contribution in [0.25, 0.3) is 0 Å². The highest BCUT2D eigenvalue weighted by atomic mass is 32.1. The molecule has 0 atom stereocenters. The highest BCUT2D eigenvalue weighted by Gasteiger charge is 2.26. The summed E-state index contributed by atoms with van der Waals surface area (Å²) in [6.45, 7) is 5.65. The second-order valence-electron chi connectivity index (χ2n) is 7.56. The fourth-order valence-corrected chi connectivity index (χ4v) is 3.98. The lowest BCUT2D eigenvalue weighted by atomic mass is 10.1. The fourth-order valence-electron chi connectivity index (χ4n) is 3.21. The van der Waals surface area contributed by atoms with Crippen molar-refractivity contribution in [2.24, 2.45) is 0 Å². The topological polar surface area (TPSA) is 130 Å². The number of nitrogens with one attached hydrogen (secondary N) is 1. The molecule has 0 fully saturated rings. The van der Waals surface area contributed by atoms with Gasteiger partial charge >= 0.3 is 5.97 Å². The number of thiazole rings is 1. The number of benzene rings is 2. The maximum Gasteiger partial charge on any atom is 0.345 e. The number of aryl methyl sites for hydroxylation is 2. The molecule has 0 bridgehead atoms. The van der Waals surface area contributed by atoms with Gasteiger partial charge in [0.2, 0.25) is 5.91 Å². The molecular formula is C24H25N3O7S. The molecule has 1 heterocycles. The first-order chi connectivity index (χ1) is 16.7. The molecule has 1 aromatic heterocycles. The SMILES string of the molecule is CCOc1cc([N+](=O)[O-])c(C(=O)OCc2csc(CC(=O)Nc3cc(C)ccc3C)n2)cc1OC. The van der Waals surface area contributed by atoms with E-state index in [1.165, 1.54) is 24.5 Å². The van der Waals surface area contributed by atoms with E-state index in [0.717, 1.165) is 22.9 Å². The number of hydrogen-bond donors (Lipinski definition) is 1. The van der Waals surface area contributed by atoms with Gasteiger partial charge in [0.1, 0.15) is 17.2 Å². The lowest BCUT2D eigenvalue weighted by Crippen LogP contribution is -2.15. The van der Waals surface area contributed by atoms with E-state index in [9.17, 15) is 19.7 Å². The zero-order chi connectivity index (χ0) is 25.5. The highest BCUT2D eigenvalue weighted by molar-refractivity contribution is 7.09. The minimum atomic E-state index is -0.903. The molecule has 0 aliphatic heterocycles. The molecule has 1 amide bonds. The standard InChI is InChI=1S/C24H25N3O7S/c1-5-33-21-10-19(27(30)31)17(9-20(21)32-4)24(29)34-12-16-13-35-23(25-16)11-22(28)26-18-8-14(2)6-7-15(18)3/h6-10,13H,5,11-12H2,1-4H3,(H,26,28). The summed E-state index contributed by atoms with van der Waals surface area (Å²) in [6.07, 6.45) is 0.0631. The quantitative estimate of drug-likeness (QED) is 0.243. The Hall–Kier alpha value is -3.99. The van der Waals surface area contributed by atoms with Crippen molar-refractivity contribution in [1.82, 2.24) is 4.98 Å². The molecule has 35 heavy (non-hydrogen) atoms. The lowest BCUT2D eigenvalue weighted by Gasteiger charge is -2.11. The normalized spacial score (nSPS) is 10.5. The number of nitro benzene ring substituents is 1. The Labute approximate surface area is 206 Å². The monoisotopic (exact) mass is 499 g/mol. The van der Waals surface area contributed by atoms with Gasteiger partial charge in [-0.2, -0.15) is 0 Å². The molecule has 0 spiro atoms. The number of amides is 1. The van der Waals surface area contributed by atoms with Crippen LogP contribution in [-0.4, -0.2) is 35.5 Å². The second-order valence-corrected chi connectivity index (χ2v) is 8.51. The lowest BCUT2D eigenvalue weighted by molar-refractivity contribution is -0.385. The summed E-state index contributed by atoms with van der Waals surface area (Å²) < 4.78 is 15.8. The van der Waals surface area contributed by atoms with Crippen LogP contribution in [0.4, 0.5) is 11.4 Å². The van der Waals surface area contributed by atoms with Gasteiger partial charge < -0.3 is 19.5 Å². The van der Waals surface area contributed by atoms with Crippen LogP contribution in [0.15, 0.2) is 35.7 Å². The van der Waals surface area contributed by atoms with Crippen LogP contribution in [0.2, 0.25) is 0 Å². The maximum atomic E-state index is 12.6. The van der Waals surface area contributed by atoms with Crippen molar-refractivity contribution < 1.29 is 28.7 Å². The highest BCUT2D eigenvalue weighted by Crippen LogP contribution is 2.35. The van der Waals surface area contributed by atoms with Crippen molar-refractivity contribution in [3.63, 3.8) is 0 Å². The van der Waals surface area contributed by atoms with Crippen molar-refractivity contribution in [3.05, 3.63) is 73.2 Å². The zero-order valence-corrected chi connectivity index (χ0v) is 20.6. The number of rotatable bonds is 10. The number of nitrogens with zero attached hydrogens (tertiary/aromatic N) is 2. The largest absolute Gasteiger partial charge is 0.493 e. The number of aromatic nitrogens is 1. The Balaban J connectivity index is 1.65. The van der Waals surface area contributed by atoms with Gasteiger partial charge in [0.25, 0.3) is 5.69 Å². The van der Waals surface area contributed by atoms with Crippen LogP contribution in [0.3, 0.4) is 0 Å². The van der Waals surface area contributed by atoms with Crippen LogP contribution in [-0.2, 0) is 22.6 Å². The van der Waals surface area contributed by atoms with Gasteiger partial charge in [-0.05, 0) is 38.0 Å². The van der Waals surface area contributed by atoms with Crippen molar-refractivity contribution in [3.8, 4) is 11.5 Å². The van der Waals surface area contributed by atoms with Crippen LogP contribution >= 0.6 is 11.3 Å². The molecule has 0 aliphatic carbocycles. The van der Waals surface area contributed by atoms with Gasteiger partial charge in [0.05, 0.1) is 36.8 Å². The first-order valence-electron chi connectivity index (χ1n) is 10.7. The zero-order valence-electron chi connectivity index (χ0n) is 19.7. The van der Waals surface area contributed by atoms with Crippen molar-refractivity contribution >= 4 is 34.6 Å². The average molecular weight is 500 g/mol. The van der Waals surface area contributed by atoms with Crippen molar-refractivity contribution in [2.75, 3.05) is 19.0 Å². The molecule has 0 unspecified atom stereocenters. The smallest absolute Gasteiger partial charge is 0.345 e. The Morgan fingerprint density at radius 3 is 2.63 bits per heavy atom. The number of anilines is 1. The number of hydrogen-bond acceptors (Lipinski definition) is 9. The average Bonchev–Trinajstić information content (AvgIpc) is 3.26. The van der Waals surface area contributed by atoms with Gasteiger partial charge in [-0.3, -0.25) is 14.9 Å². The molecule has 0 radical (unpaired) electrons. The van der Waals surface area contributed by atoms with Gasteiger partial charge in [0, 0.05) is 17.1 Å². The van der Waals surface area contributed by atoms with E-state index in [0.29, 0.717) is 10.7 Å². The predicted octanol–water partition coefficient (Wildman–Crippen LogP) is 4.61. The number of carbonyl (C=O) groups excluding carboxylic acids is 2. The van der Waals surface area contributed by atoms with E-state index in [4.69, 9.17) is 14.2 Å². The minimum absolute atomic E-state index is 0.0631.